The van der Waals surface area contributed by atoms with E-state index in [2.05, 4.69) is 35.5 Å². The molecule has 0 aliphatic heterocycles. The second kappa shape index (κ2) is 9.17. The lowest BCUT2D eigenvalue weighted by molar-refractivity contribution is -0.116. The molecule has 6 aromatic rings. The third kappa shape index (κ3) is 4.23. The van der Waals surface area contributed by atoms with E-state index in [9.17, 15) is 4.79 Å². The maximum absolute atomic E-state index is 16.0. The molecular weight excluding hydrogens is 491 g/mol. The number of imidazole rings is 1. The summed E-state index contributed by atoms with van der Waals surface area (Å²) in [5.41, 5.74) is 3.97. The molecule has 184 valence electrons. The largest absolute Gasteiger partial charge is 0.336 e. The van der Waals surface area contributed by atoms with Crippen molar-refractivity contribution < 1.29 is 9.18 Å². The van der Waals surface area contributed by atoms with Crippen LogP contribution in [0.15, 0.2) is 54.4 Å². The molecule has 6 rings (SSSR count). The molecule has 0 atom stereocenters. The van der Waals surface area contributed by atoms with Crippen molar-refractivity contribution in [3.63, 3.8) is 0 Å². The summed E-state index contributed by atoms with van der Waals surface area (Å²) < 4.78 is 16.0. The number of carbonyl (C=O) groups excluding carboxylic acids is 1. The highest BCUT2D eigenvalue weighted by Gasteiger charge is 2.22. The van der Waals surface area contributed by atoms with Gasteiger partial charge in [0.2, 0.25) is 5.91 Å². The summed E-state index contributed by atoms with van der Waals surface area (Å²) in [6.45, 7) is 3.93. The van der Waals surface area contributed by atoms with Crippen LogP contribution < -0.4 is 5.32 Å². The maximum atomic E-state index is 16.0. The van der Waals surface area contributed by atoms with Gasteiger partial charge in [0, 0.05) is 24.4 Å². The van der Waals surface area contributed by atoms with Crippen molar-refractivity contribution in [1.29, 1.82) is 0 Å². The molecule has 0 aliphatic carbocycles. The van der Waals surface area contributed by atoms with Gasteiger partial charge in [-0.25, -0.2) is 9.37 Å². The van der Waals surface area contributed by atoms with Crippen molar-refractivity contribution in [1.82, 2.24) is 35.1 Å². The zero-order chi connectivity index (χ0) is 25.5. The van der Waals surface area contributed by atoms with E-state index >= 15 is 4.39 Å². The van der Waals surface area contributed by atoms with Gasteiger partial charge in [0.05, 0.1) is 39.4 Å². The second-order valence-electron chi connectivity index (χ2n) is 9.01. The fourth-order valence-corrected chi connectivity index (χ4v) is 4.93. The zero-order valence-corrected chi connectivity index (χ0v) is 20.7. The van der Waals surface area contributed by atoms with Crippen LogP contribution in [-0.2, 0) is 4.79 Å². The lowest BCUT2D eigenvalue weighted by atomic mass is 10.1. The van der Waals surface area contributed by atoms with Crippen LogP contribution in [0, 0.1) is 11.7 Å². The molecule has 11 heteroatoms. The highest BCUT2D eigenvalue weighted by molar-refractivity contribution is 7.13. The molecule has 9 nitrogen and oxygen atoms in total. The minimum absolute atomic E-state index is 0.0969. The maximum Gasteiger partial charge on any atom is 0.224 e. The molecule has 0 aliphatic rings. The topological polar surface area (TPSA) is 125 Å². The van der Waals surface area contributed by atoms with Crippen molar-refractivity contribution in [2.45, 2.75) is 20.3 Å². The predicted octanol–water partition coefficient (Wildman–Crippen LogP) is 5.81. The molecule has 37 heavy (non-hydrogen) atoms. The Morgan fingerprint density at radius 2 is 2.00 bits per heavy atom. The molecule has 3 N–H and O–H groups in total. The van der Waals surface area contributed by atoms with E-state index < -0.39 is 5.82 Å². The number of halogens is 1. The highest BCUT2D eigenvalue weighted by atomic mass is 32.1. The van der Waals surface area contributed by atoms with E-state index in [0.29, 0.717) is 40.2 Å². The first kappa shape index (κ1) is 22.9. The molecule has 0 aromatic carbocycles. The molecular formula is C26H21FN8OS. The van der Waals surface area contributed by atoms with Gasteiger partial charge in [0.15, 0.2) is 11.6 Å². The van der Waals surface area contributed by atoms with E-state index in [4.69, 9.17) is 4.98 Å². The average molecular weight is 513 g/mol. The smallest absolute Gasteiger partial charge is 0.224 e. The number of nitrogens with one attached hydrogen (secondary N) is 3. The molecule has 0 spiro atoms. The zero-order valence-electron chi connectivity index (χ0n) is 19.9. The summed E-state index contributed by atoms with van der Waals surface area (Å²) in [7, 11) is 0. The second-order valence-corrected chi connectivity index (χ2v) is 9.96. The summed E-state index contributed by atoms with van der Waals surface area (Å²) in [5, 5.41) is 12.2. The molecule has 0 unspecified atom stereocenters. The standard InChI is InChI=1S/C26H21FN8OS/c1-13(2)8-19(36)31-15-9-14(10-28-11-15)22-21(27)20-17(12-30-22)34-35-25(20)26-32-16-5-6-29-24(23(16)33-26)18-4-3-7-37-18/h3-7,9-13H,8H2,1-2H3,(H,31,36)(H,32,33)(H,34,35). The number of rotatable bonds is 6. The third-order valence-corrected chi connectivity index (χ3v) is 6.69. The van der Waals surface area contributed by atoms with Gasteiger partial charge in [-0.1, -0.05) is 19.9 Å². The van der Waals surface area contributed by atoms with Crippen LogP contribution in [-0.4, -0.2) is 41.0 Å². The first-order valence-electron chi connectivity index (χ1n) is 11.6. The molecule has 0 fully saturated rings. The Balaban J connectivity index is 1.42. The molecule has 1 amide bonds. The van der Waals surface area contributed by atoms with Crippen LogP contribution in [0.1, 0.15) is 20.3 Å². The van der Waals surface area contributed by atoms with Crippen LogP contribution >= 0.6 is 11.3 Å². The van der Waals surface area contributed by atoms with Crippen LogP contribution in [0.5, 0.6) is 0 Å². The van der Waals surface area contributed by atoms with Gasteiger partial charge >= 0.3 is 0 Å². The van der Waals surface area contributed by atoms with Crippen LogP contribution in [0.4, 0.5) is 10.1 Å². The van der Waals surface area contributed by atoms with Crippen LogP contribution in [0.3, 0.4) is 0 Å². The SMILES string of the molecule is CC(C)CC(=O)Nc1cncc(-c2ncc3[nH]nc(-c4nc5c(-c6cccs6)nccc5[nH]4)c3c2F)c1. The molecule has 6 aromatic heterocycles. The number of aromatic amines is 2. The molecule has 6 heterocycles. The predicted molar refractivity (Wildman–Crippen MR) is 141 cm³/mol. The number of aromatic nitrogens is 7. The Morgan fingerprint density at radius 3 is 2.81 bits per heavy atom. The quantitative estimate of drug-likeness (QED) is 0.259. The summed E-state index contributed by atoms with van der Waals surface area (Å²) >= 11 is 1.57. The number of pyridine rings is 3. The lowest BCUT2D eigenvalue weighted by Crippen LogP contribution is -2.14. The van der Waals surface area contributed by atoms with Gasteiger partial charge in [0.1, 0.15) is 22.6 Å². The number of hydrogen-bond donors (Lipinski definition) is 3. The Hall–Kier alpha value is -4.51. The number of carbonyl (C=O) groups is 1. The third-order valence-electron chi connectivity index (χ3n) is 5.81. The summed E-state index contributed by atoms with van der Waals surface area (Å²) in [5.74, 6) is -0.0643. The van der Waals surface area contributed by atoms with Gasteiger partial charge in [-0.05, 0) is 29.5 Å². The Morgan fingerprint density at radius 1 is 1.11 bits per heavy atom. The first-order valence-corrected chi connectivity index (χ1v) is 12.5. The van der Waals surface area contributed by atoms with Gasteiger partial charge in [-0.15, -0.1) is 11.3 Å². The average Bonchev–Trinajstić information content (AvgIpc) is 3.62. The summed E-state index contributed by atoms with van der Waals surface area (Å²) in [4.78, 5) is 34.1. The van der Waals surface area contributed by atoms with Crippen LogP contribution in [0.2, 0.25) is 0 Å². The minimum atomic E-state index is -0.564. The lowest BCUT2D eigenvalue weighted by Gasteiger charge is -2.09. The van der Waals surface area contributed by atoms with Gasteiger partial charge in [0.25, 0.3) is 0 Å². The normalized spacial score (nSPS) is 11.6. The molecule has 0 radical (unpaired) electrons. The van der Waals surface area contributed by atoms with E-state index in [1.165, 1.54) is 18.6 Å². The van der Waals surface area contributed by atoms with Gasteiger partial charge in [-0.2, -0.15) is 5.10 Å². The van der Waals surface area contributed by atoms with Crippen molar-refractivity contribution >= 4 is 44.9 Å². The number of amides is 1. The van der Waals surface area contributed by atoms with E-state index in [-0.39, 0.29) is 22.9 Å². The summed E-state index contributed by atoms with van der Waals surface area (Å²) in [6, 6.07) is 7.42. The number of anilines is 1. The monoisotopic (exact) mass is 512 g/mol. The van der Waals surface area contributed by atoms with Gasteiger partial charge in [-0.3, -0.25) is 24.8 Å². The van der Waals surface area contributed by atoms with E-state index in [0.717, 1.165) is 16.1 Å². The summed E-state index contributed by atoms with van der Waals surface area (Å²) in [6.07, 6.45) is 6.65. The molecule has 0 bridgehead atoms. The number of nitrogens with zero attached hydrogens (tertiary/aromatic N) is 5. The minimum Gasteiger partial charge on any atom is -0.336 e. The van der Waals surface area contributed by atoms with Crippen molar-refractivity contribution in [2.75, 3.05) is 5.32 Å². The number of fused-ring (bicyclic) bond motifs is 2. The number of hydrogen-bond acceptors (Lipinski definition) is 7. The molecule has 0 saturated heterocycles. The van der Waals surface area contributed by atoms with Crippen molar-refractivity contribution in [2.24, 2.45) is 5.92 Å². The highest BCUT2D eigenvalue weighted by Crippen LogP contribution is 2.35. The van der Waals surface area contributed by atoms with Crippen LogP contribution in [0.25, 0.3) is 55.3 Å². The Kier molecular flexibility index (Phi) is 5.68. The Labute approximate surface area is 214 Å². The number of thiophene rings is 1. The Bertz CT molecular complexity index is 1760. The van der Waals surface area contributed by atoms with Gasteiger partial charge < -0.3 is 10.3 Å². The molecule has 0 saturated carbocycles. The fourth-order valence-electron chi connectivity index (χ4n) is 4.21. The van der Waals surface area contributed by atoms with E-state index in [1.54, 1.807) is 23.6 Å². The van der Waals surface area contributed by atoms with E-state index in [1.807, 2.05) is 37.4 Å². The van der Waals surface area contributed by atoms with Crippen molar-refractivity contribution in [3.8, 4) is 33.3 Å². The fraction of sp³-hybridized carbons (Fsp3) is 0.154. The number of H-pyrrole nitrogens is 2. The van der Waals surface area contributed by atoms with Crippen molar-refractivity contribution in [3.05, 3.63) is 60.3 Å². The first-order chi connectivity index (χ1) is 18.0.